The summed E-state index contributed by atoms with van der Waals surface area (Å²) in [6.07, 6.45) is 0. The number of aliphatic hydroxyl groups excluding tert-OH is 2. The molecule has 0 spiro atoms. The van der Waals surface area contributed by atoms with Gasteiger partial charge in [0, 0.05) is 18.8 Å². The fourth-order valence-corrected chi connectivity index (χ4v) is 2.55. The summed E-state index contributed by atoms with van der Waals surface area (Å²) in [5.74, 6) is 0. The number of nitriles is 1. The first-order chi connectivity index (χ1) is 12.1. The minimum absolute atomic E-state index is 0.0138. The van der Waals surface area contributed by atoms with Crippen LogP contribution in [0, 0.1) is 18.3 Å². The number of benzene rings is 2. The van der Waals surface area contributed by atoms with E-state index in [2.05, 4.69) is 10.2 Å². The van der Waals surface area contributed by atoms with Gasteiger partial charge in [0.05, 0.1) is 35.2 Å². The van der Waals surface area contributed by atoms with Crippen LogP contribution in [0.1, 0.15) is 11.1 Å². The molecule has 0 bridgehead atoms. The van der Waals surface area contributed by atoms with Crippen molar-refractivity contribution in [2.75, 3.05) is 31.2 Å². The molecule has 0 heterocycles. The summed E-state index contributed by atoms with van der Waals surface area (Å²) >= 11 is 5.99. The van der Waals surface area contributed by atoms with Crippen molar-refractivity contribution in [3.05, 3.63) is 52.5 Å². The van der Waals surface area contributed by atoms with Gasteiger partial charge in [0.25, 0.3) is 0 Å². The highest BCUT2D eigenvalue weighted by atomic mass is 35.5. The summed E-state index contributed by atoms with van der Waals surface area (Å²) in [7, 11) is 0. The van der Waals surface area contributed by atoms with Gasteiger partial charge in [-0.15, -0.1) is 0 Å². The van der Waals surface area contributed by atoms with Gasteiger partial charge in [-0.3, -0.25) is 0 Å². The van der Waals surface area contributed by atoms with E-state index in [0.717, 1.165) is 11.3 Å². The van der Waals surface area contributed by atoms with Gasteiger partial charge in [0.15, 0.2) is 0 Å². The van der Waals surface area contributed by atoms with Gasteiger partial charge in [0.2, 0.25) is 0 Å². The summed E-state index contributed by atoms with van der Waals surface area (Å²) in [6, 6.07) is 12.5. The largest absolute Gasteiger partial charge is 0.395 e. The van der Waals surface area contributed by atoms with Gasteiger partial charge in [-0.2, -0.15) is 15.5 Å². The lowest BCUT2D eigenvalue weighted by atomic mass is 10.1. The van der Waals surface area contributed by atoms with Crippen molar-refractivity contribution in [2.45, 2.75) is 6.92 Å². The predicted molar refractivity (Wildman–Crippen MR) is 97.9 cm³/mol. The van der Waals surface area contributed by atoms with Crippen LogP contribution in [0.25, 0.3) is 0 Å². The molecular formula is C18H19ClN4O2. The Bertz CT molecular complexity index is 796. The molecule has 0 aliphatic carbocycles. The first-order valence-electron chi connectivity index (χ1n) is 7.77. The van der Waals surface area contributed by atoms with Crippen LogP contribution in [-0.4, -0.2) is 36.5 Å². The van der Waals surface area contributed by atoms with Gasteiger partial charge >= 0.3 is 0 Å². The summed E-state index contributed by atoms with van der Waals surface area (Å²) in [5.41, 5.74) is 3.49. The van der Waals surface area contributed by atoms with Crippen LogP contribution in [-0.2, 0) is 0 Å². The highest BCUT2D eigenvalue weighted by molar-refractivity contribution is 6.32. The molecule has 25 heavy (non-hydrogen) atoms. The molecule has 0 aliphatic heterocycles. The molecule has 2 aromatic rings. The predicted octanol–water partition coefficient (Wildman–Crippen LogP) is 3.73. The van der Waals surface area contributed by atoms with Crippen LogP contribution in [0.4, 0.5) is 17.1 Å². The van der Waals surface area contributed by atoms with E-state index in [-0.39, 0.29) is 13.2 Å². The first-order valence-corrected chi connectivity index (χ1v) is 8.15. The van der Waals surface area contributed by atoms with E-state index in [1.807, 2.05) is 36.1 Å². The molecule has 0 fully saturated rings. The van der Waals surface area contributed by atoms with Gasteiger partial charge < -0.3 is 15.1 Å². The number of aryl methyl sites for hydroxylation is 1. The molecule has 0 atom stereocenters. The standard InChI is InChI=1S/C18H19ClN4O2/c1-13-10-16(23(6-8-24)7-9-25)4-5-18(13)22-21-15-3-2-14(12-20)17(19)11-15/h2-5,10-11,24-25H,6-9H2,1H3. The number of azo groups is 1. The fourth-order valence-electron chi connectivity index (χ4n) is 2.33. The summed E-state index contributed by atoms with van der Waals surface area (Å²) < 4.78 is 0. The molecule has 2 rings (SSSR count). The van der Waals surface area contributed by atoms with Crippen molar-refractivity contribution in [3.8, 4) is 6.07 Å². The van der Waals surface area contributed by atoms with Crippen LogP contribution < -0.4 is 4.90 Å². The lowest BCUT2D eigenvalue weighted by Gasteiger charge is -2.23. The molecule has 130 valence electrons. The SMILES string of the molecule is Cc1cc(N(CCO)CCO)ccc1N=Nc1ccc(C#N)c(Cl)c1. The molecular weight excluding hydrogens is 340 g/mol. The Morgan fingerprint density at radius 3 is 2.36 bits per heavy atom. The lowest BCUT2D eigenvalue weighted by Crippen LogP contribution is -2.29. The van der Waals surface area contributed by atoms with Crippen molar-refractivity contribution in [1.82, 2.24) is 0 Å². The Labute approximate surface area is 151 Å². The highest BCUT2D eigenvalue weighted by Crippen LogP contribution is 2.28. The maximum absolute atomic E-state index is 9.13. The number of hydrogen-bond acceptors (Lipinski definition) is 6. The molecule has 0 aliphatic rings. The summed E-state index contributed by atoms with van der Waals surface area (Å²) in [6.45, 7) is 2.84. The lowest BCUT2D eigenvalue weighted by molar-refractivity contribution is 0.281. The van der Waals surface area contributed by atoms with Gasteiger partial charge in [-0.25, -0.2) is 0 Å². The number of hydrogen-bond donors (Lipinski definition) is 2. The minimum atomic E-state index is 0.0138. The zero-order chi connectivity index (χ0) is 18.2. The third-order valence-corrected chi connectivity index (χ3v) is 3.94. The average molecular weight is 359 g/mol. The maximum atomic E-state index is 9.13. The van der Waals surface area contributed by atoms with Crippen molar-refractivity contribution in [1.29, 1.82) is 5.26 Å². The fraction of sp³-hybridized carbons (Fsp3) is 0.278. The molecule has 0 saturated heterocycles. The van der Waals surface area contributed by atoms with Crippen LogP contribution in [0.15, 0.2) is 46.6 Å². The van der Waals surface area contributed by atoms with Crippen molar-refractivity contribution in [3.63, 3.8) is 0 Å². The van der Waals surface area contributed by atoms with E-state index in [4.69, 9.17) is 27.1 Å². The van der Waals surface area contributed by atoms with Crippen LogP contribution in [0.5, 0.6) is 0 Å². The zero-order valence-electron chi connectivity index (χ0n) is 13.9. The van der Waals surface area contributed by atoms with E-state index in [1.165, 1.54) is 0 Å². The molecule has 0 radical (unpaired) electrons. The first kappa shape index (κ1) is 18.9. The topological polar surface area (TPSA) is 92.2 Å². The number of anilines is 1. The Hall–Kier alpha value is -2.46. The summed E-state index contributed by atoms with van der Waals surface area (Å²) in [4.78, 5) is 1.90. The van der Waals surface area contributed by atoms with Gasteiger partial charge in [0.1, 0.15) is 6.07 Å². The van der Waals surface area contributed by atoms with E-state index < -0.39 is 0 Å². The molecule has 7 heteroatoms. The molecule has 2 N–H and O–H groups in total. The quantitative estimate of drug-likeness (QED) is 0.737. The molecule has 0 saturated carbocycles. The molecule has 0 amide bonds. The second kappa shape index (κ2) is 9.14. The molecule has 0 unspecified atom stereocenters. The van der Waals surface area contributed by atoms with Crippen LogP contribution in [0.3, 0.4) is 0 Å². The van der Waals surface area contributed by atoms with Crippen molar-refractivity contribution < 1.29 is 10.2 Å². The monoisotopic (exact) mass is 358 g/mol. The Morgan fingerprint density at radius 1 is 1.08 bits per heavy atom. The number of nitrogens with zero attached hydrogens (tertiary/aromatic N) is 4. The maximum Gasteiger partial charge on any atom is 0.101 e. The van der Waals surface area contributed by atoms with E-state index in [0.29, 0.717) is 35.1 Å². The molecule has 6 nitrogen and oxygen atoms in total. The second-order valence-corrected chi connectivity index (χ2v) is 5.79. The average Bonchev–Trinajstić information content (AvgIpc) is 2.60. The highest BCUT2D eigenvalue weighted by Gasteiger charge is 2.07. The number of aliphatic hydroxyl groups is 2. The number of rotatable bonds is 7. The Kier molecular flexibility index (Phi) is 6.90. The van der Waals surface area contributed by atoms with E-state index in [1.54, 1.807) is 18.2 Å². The molecule has 0 aromatic heterocycles. The van der Waals surface area contributed by atoms with Crippen LogP contribution in [0.2, 0.25) is 5.02 Å². The van der Waals surface area contributed by atoms with Gasteiger partial charge in [-0.1, -0.05) is 11.6 Å². The van der Waals surface area contributed by atoms with E-state index >= 15 is 0 Å². The minimum Gasteiger partial charge on any atom is -0.395 e. The Balaban J connectivity index is 2.20. The van der Waals surface area contributed by atoms with Gasteiger partial charge in [-0.05, 0) is 48.9 Å². The molecule has 2 aromatic carbocycles. The number of halogens is 1. The van der Waals surface area contributed by atoms with Crippen molar-refractivity contribution in [2.24, 2.45) is 10.2 Å². The normalized spacial score (nSPS) is 10.8. The smallest absolute Gasteiger partial charge is 0.101 e. The zero-order valence-corrected chi connectivity index (χ0v) is 14.6. The Morgan fingerprint density at radius 2 is 1.80 bits per heavy atom. The third kappa shape index (κ3) is 5.00. The second-order valence-electron chi connectivity index (χ2n) is 5.38. The van der Waals surface area contributed by atoms with E-state index in [9.17, 15) is 0 Å². The third-order valence-electron chi connectivity index (χ3n) is 3.63. The summed E-state index contributed by atoms with van der Waals surface area (Å²) in [5, 5.41) is 35.9. The van der Waals surface area contributed by atoms with Crippen molar-refractivity contribution >= 4 is 28.7 Å². The van der Waals surface area contributed by atoms with Crippen LogP contribution >= 0.6 is 11.6 Å².